The summed E-state index contributed by atoms with van der Waals surface area (Å²) in [7, 11) is 0. The Balaban J connectivity index is 1.31. The summed E-state index contributed by atoms with van der Waals surface area (Å²) in [6, 6.07) is 6.56. The van der Waals surface area contributed by atoms with Gasteiger partial charge in [0.2, 0.25) is 5.91 Å². The fourth-order valence-electron chi connectivity index (χ4n) is 2.64. The fraction of sp³-hybridized carbons (Fsp3) is 0.588. The molecule has 1 aromatic carbocycles. The van der Waals surface area contributed by atoms with Gasteiger partial charge in [-0.25, -0.2) is 4.39 Å². The van der Waals surface area contributed by atoms with Crippen LogP contribution in [0.15, 0.2) is 24.3 Å². The van der Waals surface area contributed by atoms with Crippen molar-refractivity contribution in [2.45, 2.75) is 31.6 Å². The molecule has 2 aliphatic carbocycles. The molecular weight excluding hydrogens is 269 g/mol. The van der Waals surface area contributed by atoms with Gasteiger partial charge in [-0.05, 0) is 55.2 Å². The first kappa shape index (κ1) is 14.5. The largest absolute Gasteiger partial charge is 0.381 e. The summed E-state index contributed by atoms with van der Waals surface area (Å²) in [5.74, 6) is 0.849. The van der Waals surface area contributed by atoms with Gasteiger partial charge in [0.25, 0.3) is 0 Å². The molecule has 2 atom stereocenters. The van der Waals surface area contributed by atoms with E-state index >= 15 is 0 Å². The number of nitrogens with one attached hydrogen (secondary N) is 1. The predicted octanol–water partition coefficient (Wildman–Crippen LogP) is 2.86. The molecule has 0 aromatic heterocycles. The van der Waals surface area contributed by atoms with Crippen LogP contribution in [-0.2, 0) is 9.53 Å². The molecule has 21 heavy (non-hydrogen) atoms. The highest BCUT2D eigenvalue weighted by molar-refractivity contribution is 5.82. The SMILES string of the molecule is O=C(NCCCOCC1CC1)[C@@H]1C[C@H]1c1cccc(F)c1. The van der Waals surface area contributed by atoms with Crippen LogP contribution in [0.5, 0.6) is 0 Å². The topological polar surface area (TPSA) is 38.3 Å². The minimum atomic E-state index is -0.230. The molecule has 4 heteroatoms. The van der Waals surface area contributed by atoms with E-state index in [9.17, 15) is 9.18 Å². The molecule has 3 rings (SSSR count). The normalized spacial score (nSPS) is 23.9. The summed E-state index contributed by atoms with van der Waals surface area (Å²) in [5.41, 5.74) is 0.933. The second-order valence-corrected chi connectivity index (χ2v) is 6.17. The monoisotopic (exact) mass is 291 g/mol. The predicted molar refractivity (Wildman–Crippen MR) is 78.4 cm³/mol. The number of amides is 1. The standard InChI is InChI=1S/C17H22FNO2/c18-14-4-1-3-13(9-14)15-10-16(15)17(20)19-7-2-8-21-11-12-5-6-12/h1,3-4,9,12,15-16H,2,5-8,10-11H2,(H,19,20)/t15-,16+/m0/s1. The second-order valence-electron chi connectivity index (χ2n) is 6.17. The van der Waals surface area contributed by atoms with Crippen molar-refractivity contribution in [1.29, 1.82) is 0 Å². The maximum atomic E-state index is 13.2. The summed E-state index contributed by atoms with van der Waals surface area (Å²) < 4.78 is 18.7. The maximum absolute atomic E-state index is 13.2. The van der Waals surface area contributed by atoms with E-state index in [-0.39, 0.29) is 23.6 Å². The molecule has 0 bridgehead atoms. The number of halogens is 1. The number of benzene rings is 1. The van der Waals surface area contributed by atoms with Crippen molar-refractivity contribution in [2.24, 2.45) is 11.8 Å². The van der Waals surface area contributed by atoms with Crippen LogP contribution in [0, 0.1) is 17.7 Å². The van der Waals surface area contributed by atoms with Gasteiger partial charge in [-0.1, -0.05) is 12.1 Å². The van der Waals surface area contributed by atoms with Crippen LogP contribution in [0.25, 0.3) is 0 Å². The van der Waals surface area contributed by atoms with E-state index in [1.165, 1.54) is 25.0 Å². The Hall–Kier alpha value is -1.42. The lowest BCUT2D eigenvalue weighted by Gasteiger charge is -2.06. The number of carbonyl (C=O) groups excluding carboxylic acids is 1. The molecular formula is C17H22FNO2. The van der Waals surface area contributed by atoms with Gasteiger partial charge in [-0.3, -0.25) is 4.79 Å². The highest BCUT2D eigenvalue weighted by Crippen LogP contribution is 2.47. The van der Waals surface area contributed by atoms with Crippen molar-refractivity contribution in [2.75, 3.05) is 19.8 Å². The van der Waals surface area contributed by atoms with E-state index in [1.807, 2.05) is 6.07 Å². The number of hydrogen-bond donors (Lipinski definition) is 1. The highest BCUT2D eigenvalue weighted by Gasteiger charge is 2.43. The van der Waals surface area contributed by atoms with E-state index < -0.39 is 0 Å². The molecule has 0 unspecified atom stereocenters. The summed E-state index contributed by atoms with van der Waals surface area (Å²) in [6.07, 6.45) is 4.29. The first-order chi connectivity index (χ1) is 10.2. The Bertz CT molecular complexity index is 501. The van der Waals surface area contributed by atoms with Crippen molar-refractivity contribution >= 4 is 5.91 Å². The molecule has 2 fully saturated rings. The number of carbonyl (C=O) groups is 1. The highest BCUT2D eigenvalue weighted by atomic mass is 19.1. The lowest BCUT2D eigenvalue weighted by Crippen LogP contribution is -2.27. The summed E-state index contributed by atoms with van der Waals surface area (Å²) >= 11 is 0. The zero-order chi connectivity index (χ0) is 14.7. The zero-order valence-corrected chi connectivity index (χ0v) is 12.2. The third kappa shape index (κ3) is 4.27. The van der Waals surface area contributed by atoms with Gasteiger partial charge in [-0.15, -0.1) is 0 Å². The van der Waals surface area contributed by atoms with E-state index in [4.69, 9.17) is 4.74 Å². The molecule has 3 nitrogen and oxygen atoms in total. The van der Waals surface area contributed by atoms with Gasteiger partial charge in [0.1, 0.15) is 5.82 Å². The van der Waals surface area contributed by atoms with Crippen molar-refractivity contribution in [3.8, 4) is 0 Å². The Labute approximate surface area is 124 Å². The van der Waals surface area contributed by atoms with Crippen molar-refractivity contribution in [1.82, 2.24) is 5.32 Å². The molecule has 114 valence electrons. The summed E-state index contributed by atoms with van der Waals surface area (Å²) in [5, 5.41) is 2.95. The van der Waals surface area contributed by atoms with Crippen LogP contribution >= 0.6 is 0 Å². The van der Waals surface area contributed by atoms with Crippen LogP contribution in [0.2, 0.25) is 0 Å². The first-order valence-electron chi connectivity index (χ1n) is 7.85. The fourth-order valence-corrected chi connectivity index (χ4v) is 2.64. The second kappa shape index (κ2) is 6.56. The van der Waals surface area contributed by atoms with Crippen LogP contribution in [0.3, 0.4) is 0 Å². The van der Waals surface area contributed by atoms with E-state index in [2.05, 4.69) is 5.32 Å². The summed E-state index contributed by atoms with van der Waals surface area (Å²) in [6.45, 7) is 2.25. The van der Waals surface area contributed by atoms with E-state index in [0.717, 1.165) is 37.5 Å². The van der Waals surface area contributed by atoms with Gasteiger partial charge in [0.15, 0.2) is 0 Å². The molecule has 1 amide bonds. The Morgan fingerprint density at radius 3 is 3.00 bits per heavy atom. The number of ether oxygens (including phenoxy) is 1. The van der Waals surface area contributed by atoms with Crippen LogP contribution in [-0.4, -0.2) is 25.7 Å². The van der Waals surface area contributed by atoms with Crippen molar-refractivity contribution in [3.63, 3.8) is 0 Å². The minimum absolute atomic E-state index is 0.0131. The van der Waals surface area contributed by atoms with Gasteiger partial charge >= 0.3 is 0 Å². The Morgan fingerprint density at radius 2 is 2.24 bits per heavy atom. The molecule has 1 N–H and O–H groups in total. The molecule has 0 radical (unpaired) electrons. The van der Waals surface area contributed by atoms with Crippen molar-refractivity contribution in [3.05, 3.63) is 35.6 Å². The van der Waals surface area contributed by atoms with E-state index in [1.54, 1.807) is 6.07 Å². The Kier molecular flexibility index (Phi) is 4.54. The smallest absolute Gasteiger partial charge is 0.223 e. The molecule has 2 aliphatic rings. The number of rotatable bonds is 8. The Morgan fingerprint density at radius 1 is 1.38 bits per heavy atom. The zero-order valence-electron chi connectivity index (χ0n) is 12.2. The first-order valence-corrected chi connectivity index (χ1v) is 7.85. The molecule has 0 spiro atoms. The molecule has 0 aliphatic heterocycles. The summed E-state index contributed by atoms with van der Waals surface area (Å²) in [4.78, 5) is 12.0. The number of hydrogen-bond acceptors (Lipinski definition) is 2. The molecule has 1 aromatic rings. The van der Waals surface area contributed by atoms with Crippen LogP contribution < -0.4 is 5.32 Å². The maximum Gasteiger partial charge on any atom is 0.223 e. The third-order valence-corrected chi connectivity index (χ3v) is 4.22. The molecule has 0 heterocycles. The van der Waals surface area contributed by atoms with Gasteiger partial charge < -0.3 is 10.1 Å². The quantitative estimate of drug-likeness (QED) is 0.748. The molecule has 0 saturated heterocycles. The minimum Gasteiger partial charge on any atom is -0.381 e. The molecule has 2 saturated carbocycles. The van der Waals surface area contributed by atoms with Gasteiger partial charge in [0.05, 0.1) is 0 Å². The van der Waals surface area contributed by atoms with Crippen molar-refractivity contribution < 1.29 is 13.9 Å². The average molecular weight is 291 g/mol. The van der Waals surface area contributed by atoms with Gasteiger partial charge in [0, 0.05) is 25.7 Å². The van der Waals surface area contributed by atoms with E-state index in [0.29, 0.717) is 6.54 Å². The lowest BCUT2D eigenvalue weighted by molar-refractivity contribution is -0.122. The van der Waals surface area contributed by atoms with Crippen LogP contribution in [0.1, 0.15) is 37.2 Å². The third-order valence-electron chi connectivity index (χ3n) is 4.22. The van der Waals surface area contributed by atoms with Crippen LogP contribution in [0.4, 0.5) is 4.39 Å². The lowest BCUT2D eigenvalue weighted by atomic mass is 10.1. The average Bonchev–Trinajstić information content (AvgIpc) is 3.36. The van der Waals surface area contributed by atoms with Gasteiger partial charge in [-0.2, -0.15) is 0 Å².